The van der Waals surface area contributed by atoms with Crippen molar-refractivity contribution in [2.45, 2.75) is 13.5 Å². The Kier molecular flexibility index (Phi) is 6.95. The van der Waals surface area contributed by atoms with E-state index in [0.29, 0.717) is 22.4 Å². The van der Waals surface area contributed by atoms with Crippen molar-refractivity contribution in [1.82, 2.24) is 5.32 Å². The Morgan fingerprint density at radius 1 is 1.00 bits per heavy atom. The molecule has 4 nitrogen and oxygen atoms in total. The Morgan fingerprint density at radius 2 is 1.71 bits per heavy atom. The number of amidine groups is 1. The Morgan fingerprint density at radius 3 is 2.45 bits per heavy atom. The van der Waals surface area contributed by atoms with Gasteiger partial charge in [-0.25, -0.2) is 4.99 Å². The molecule has 0 bridgehead atoms. The van der Waals surface area contributed by atoms with Gasteiger partial charge in [0.2, 0.25) is 0 Å². The summed E-state index contributed by atoms with van der Waals surface area (Å²) in [4.78, 5) is 17.6. The zero-order valence-electron chi connectivity index (χ0n) is 16.6. The van der Waals surface area contributed by atoms with E-state index in [2.05, 4.69) is 42.2 Å². The molecule has 3 aromatic rings. The van der Waals surface area contributed by atoms with Crippen LogP contribution in [0.2, 0.25) is 0 Å². The van der Waals surface area contributed by atoms with Crippen LogP contribution in [0.15, 0.2) is 85.6 Å². The van der Waals surface area contributed by atoms with Gasteiger partial charge < -0.3 is 10.1 Å². The highest BCUT2D eigenvalue weighted by molar-refractivity contribution is 9.10. The Hall–Kier alpha value is -2.35. The summed E-state index contributed by atoms with van der Waals surface area (Å²) in [5.41, 5.74) is 3.85. The Labute approximate surface area is 202 Å². The van der Waals surface area contributed by atoms with E-state index in [4.69, 9.17) is 4.74 Å². The Balaban J connectivity index is 1.54. The maximum atomic E-state index is 12.5. The van der Waals surface area contributed by atoms with Crippen molar-refractivity contribution in [2.24, 2.45) is 4.99 Å². The molecule has 0 spiro atoms. The van der Waals surface area contributed by atoms with Crippen LogP contribution in [-0.4, -0.2) is 11.1 Å². The van der Waals surface area contributed by atoms with Gasteiger partial charge in [0.1, 0.15) is 12.4 Å². The van der Waals surface area contributed by atoms with Crippen molar-refractivity contribution in [2.75, 3.05) is 0 Å². The average molecular weight is 558 g/mol. The minimum atomic E-state index is -0.172. The predicted molar refractivity (Wildman–Crippen MR) is 135 cm³/mol. The zero-order chi connectivity index (χ0) is 21.8. The number of thioether (sulfide) groups is 1. The molecule has 1 aliphatic heterocycles. The molecule has 31 heavy (non-hydrogen) atoms. The predicted octanol–water partition coefficient (Wildman–Crippen LogP) is 6.99. The third-order valence-electron chi connectivity index (χ3n) is 4.48. The van der Waals surface area contributed by atoms with Gasteiger partial charge in [-0.15, -0.1) is 0 Å². The summed E-state index contributed by atoms with van der Waals surface area (Å²) >= 11 is 8.26. The number of hydrogen-bond acceptors (Lipinski definition) is 4. The van der Waals surface area contributed by atoms with E-state index in [1.807, 2.05) is 79.7 Å². The molecule has 1 fully saturated rings. The van der Waals surface area contributed by atoms with E-state index < -0.39 is 0 Å². The van der Waals surface area contributed by atoms with E-state index in [0.717, 1.165) is 31.3 Å². The first-order chi connectivity index (χ1) is 15.0. The van der Waals surface area contributed by atoms with Crippen LogP contribution in [0.3, 0.4) is 0 Å². The maximum Gasteiger partial charge on any atom is 0.264 e. The minimum Gasteiger partial charge on any atom is -0.488 e. The SMILES string of the molecule is Cc1ccc(N=C2NC(=O)/C(=C/c3cc(Br)ccc3OCc3ccc(Br)cc3)S2)cc1. The molecule has 0 saturated carbocycles. The molecule has 0 aliphatic carbocycles. The summed E-state index contributed by atoms with van der Waals surface area (Å²) in [5, 5.41) is 3.40. The summed E-state index contributed by atoms with van der Waals surface area (Å²) in [6.45, 7) is 2.46. The summed E-state index contributed by atoms with van der Waals surface area (Å²) in [7, 11) is 0. The molecule has 3 aromatic carbocycles. The normalized spacial score (nSPS) is 16.0. The lowest BCUT2D eigenvalue weighted by atomic mass is 10.2. The van der Waals surface area contributed by atoms with E-state index in [9.17, 15) is 4.79 Å². The van der Waals surface area contributed by atoms with Crippen LogP contribution in [-0.2, 0) is 11.4 Å². The van der Waals surface area contributed by atoms with Crippen LogP contribution < -0.4 is 10.1 Å². The molecule has 1 aliphatic rings. The first-order valence-electron chi connectivity index (χ1n) is 9.49. The number of carbonyl (C=O) groups is 1. The number of hydrogen-bond donors (Lipinski definition) is 1. The van der Waals surface area contributed by atoms with Gasteiger partial charge in [-0.05, 0) is 72.8 Å². The molecule has 1 saturated heterocycles. The molecule has 7 heteroatoms. The summed E-state index contributed by atoms with van der Waals surface area (Å²) in [6, 6.07) is 21.6. The number of benzene rings is 3. The van der Waals surface area contributed by atoms with Gasteiger partial charge in [0.25, 0.3) is 5.91 Å². The number of amides is 1. The van der Waals surface area contributed by atoms with Gasteiger partial charge in [-0.1, -0.05) is 61.7 Å². The largest absolute Gasteiger partial charge is 0.488 e. The third-order valence-corrected chi connectivity index (χ3v) is 6.41. The molecule has 0 radical (unpaired) electrons. The monoisotopic (exact) mass is 556 g/mol. The number of aryl methyl sites for hydroxylation is 1. The minimum absolute atomic E-state index is 0.172. The molecular weight excluding hydrogens is 540 g/mol. The fourth-order valence-corrected chi connectivity index (χ4v) is 4.34. The van der Waals surface area contributed by atoms with Crippen molar-refractivity contribution in [3.05, 3.63) is 97.3 Å². The maximum absolute atomic E-state index is 12.5. The fourth-order valence-electron chi connectivity index (χ4n) is 2.86. The van der Waals surface area contributed by atoms with E-state index in [-0.39, 0.29) is 5.91 Å². The highest BCUT2D eigenvalue weighted by atomic mass is 79.9. The highest BCUT2D eigenvalue weighted by Crippen LogP contribution is 2.32. The smallest absolute Gasteiger partial charge is 0.264 e. The van der Waals surface area contributed by atoms with Gasteiger partial charge in [0.05, 0.1) is 10.6 Å². The second kappa shape index (κ2) is 9.85. The Bertz CT molecular complexity index is 1170. The van der Waals surface area contributed by atoms with Crippen LogP contribution in [0.5, 0.6) is 5.75 Å². The van der Waals surface area contributed by atoms with Gasteiger partial charge in [-0.3, -0.25) is 4.79 Å². The molecule has 0 atom stereocenters. The summed E-state index contributed by atoms with van der Waals surface area (Å²) in [5.74, 6) is 0.533. The van der Waals surface area contributed by atoms with Crippen LogP contribution in [0.4, 0.5) is 5.69 Å². The quantitative estimate of drug-likeness (QED) is 0.344. The molecule has 0 unspecified atom stereocenters. The topological polar surface area (TPSA) is 50.7 Å². The van der Waals surface area contributed by atoms with Gasteiger partial charge >= 0.3 is 0 Å². The number of nitrogens with one attached hydrogen (secondary N) is 1. The second-order valence-corrected chi connectivity index (χ2v) is 9.78. The fraction of sp³-hybridized carbons (Fsp3) is 0.0833. The number of ether oxygens (including phenoxy) is 1. The van der Waals surface area contributed by atoms with Crippen LogP contribution >= 0.6 is 43.6 Å². The van der Waals surface area contributed by atoms with Gasteiger partial charge in [-0.2, -0.15) is 0 Å². The number of carbonyl (C=O) groups excluding carboxylic acids is 1. The standard InChI is InChI=1S/C24H18Br2N2O2S/c1-15-2-9-20(10-3-15)27-24-28-23(29)22(31-24)13-17-12-19(26)8-11-21(17)30-14-16-4-6-18(25)7-5-16/h2-13H,14H2,1H3,(H,27,28,29)/b22-13-. The van der Waals surface area contributed by atoms with Crippen molar-refractivity contribution in [1.29, 1.82) is 0 Å². The molecule has 1 amide bonds. The van der Waals surface area contributed by atoms with Gasteiger partial charge in [0.15, 0.2) is 5.17 Å². The number of halogens is 2. The van der Waals surface area contributed by atoms with E-state index in [1.165, 1.54) is 11.8 Å². The zero-order valence-corrected chi connectivity index (χ0v) is 20.6. The van der Waals surface area contributed by atoms with Crippen LogP contribution in [0.25, 0.3) is 6.08 Å². The molecule has 4 rings (SSSR count). The lowest BCUT2D eigenvalue weighted by Crippen LogP contribution is -2.19. The lowest BCUT2D eigenvalue weighted by Gasteiger charge is -2.10. The first-order valence-corrected chi connectivity index (χ1v) is 11.9. The second-order valence-electron chi connectivity index (χ2n) is 6.91. The van der Waals surface area contributed by atoms with Crippen molar-refractivity contribution >= 4 is 66.5 Å². The number of nitrogens with zero attached hydrogens (tertiary/aromatic N) is 1. The number of rotatable bonds is 5. The van der Waals surface area contributed by atoms with E-state index in [1.54, 1.807) is 0 Å². The van der Waals surface area contributed by atoms with Crippen LogP contribution in [0, 0.1) is 6.92 Å². The molecular formula is C24H18Br2N2O2S. The highest BCUT2D eigenvalue weighted by Gasteiger charge is 2.24. The van der Waals surface area contributed by atoms with Gasteiger partial charge in [0, 0.05) is 14.5 Å². The summed E-state index contributed by atoms with van der Waals surface area (Å²) in [6.07, 6.45) is 1.83. The van der Waals surface area contributed by atoms with Crippen molar-refractivity contribution in [3.8, 4) is 5.75 Å². The lowest BCUT2D eigenvalue weighted by molar-refractivity contribution is -0.115. The molecule has 1 N–H and O–H groups in total. The van der Waals surface area contributed by atoms with E-state index >= 15 is 0 Å². The first kappa shape index (κ1) is 21.9. The van der Waals surface area contributed by atoms with Crippen LogP contribution in [0.1, 0.15) is 16.7 Å². The molecule has 0 aromatic heterocycles. The molecule has 156 valence electrons. The van der Waals surface area contributed by atoms with Crippen molar-refractivity contribution in [3.63, 3.8) is 0 Å². The average Bonchev–Trinajstić information content (AvgIpc) is 3.09. The molecule has 1 heterocycles. The number of aliphatic imine (C=N–C) groups is 1. The van der Waals surface area contributed by atoms with Crippen molar-refractivity contribution < 1.29 is 9.53 Å². The third kappa shape index (κ3) is 5.87. The summed E-state index contributed by atoms with van der Waals surface area (Å²) < 4.78 is 7.98.